The van der Waals surface area contributed by atoms with Gasteiger partial charge in [-0.05, 0) is 40.6 Å². The first-order chi connectivity index (χ1) is 10.6. The lowest BCUT2D eigenvalue weighted by molar-refractivity contribution is 0.104. The highest BCUT2D eigenvalue weighted by atomic mass is 35.5. The van der Waals surface area contributed by atoms with Crippen molar-refractivity contribution in [3.63, 3.8) is 0 Å². The van der Waals surface area contributed by atoms with E-state index >= 15 is 0 Å². The summed E-state index contributed by atoms with van der Waals surface area (Å²) in [5.74, 6) is -0.144. The highest BCUT2D eigenvalue weighted by Gasteiger charge is 2.08. The van der Waals surface area contributed by atoms with Gasteiger partial charge in [0, 0.05) is 10.6 Å². The first-order valence-electron chi connectivity index (χ1n) is 6.80. The molecule has 0 saturated heterocycles. The van der Waals surface area contributed by atoms with Crippen LogP contribution < -0.4 is 0 Å². The summed E-state index contributed by atoms with van der Waals surface area (Å²) in [5, 5.41) is 3.12. The molecule has 0 aliphatic heterocycles. The number of carbonyl (C=O) groups excluding carboxylic acids is 1. The van der Waals surface area contributed by atoms with Crippen molar-refractivity contribution in [2.45, 2.75) is 0 Å². The van der Waals surface area contributed by atoms with Gasteiger partial charge >= 0.3 is 0 Å². The first kappa shape index (κ1) is 14.8. The van der Waals surface area contributed by atoms with Crippen LogP contribution in [-0.4, -0.2) is 5.78 Å². The number of rotatable bonds is 3. The van der Waals surface area contributed by atoms with E-state index in [4.69, 9.17) is 23.2 Å². The Morgan fingerprint density at radius 3 is 2.50 bits per heavy atom. The molecule has 3 heteroatoms. The molecule has 0 saturated carbocycles. The minimum Gasteiger partial charge on any atom is -0.289 e. The second kappa shape index (κ2) is 6.35. The summed E-state index contributed by atoms with van der Waals surface area (Å²) in [4.78, 5) is 12.3. The van der Waals surface area contributed by atoms with E-state index in [-0.39, 0.29) is 5.78 Å². The summed E-state index contributed by atoms with van der Waals surface area (Å²) in [6.07, 6.45) is 3.35. The highest BCUT2D eigenvalue weighted by molar-refractivity contribution is 6.37. The fraction of sp³-hybridized carbons (Fsp3) is 0. The molecule has 0 N–H and O–H groups in total. The van der Waals surface area contributed by atoms with Crippen molar-refractivity contribution in [3.8, 4) is 0 Å². The summed E-state index contributed by atoms with van der Waals surface area (Å²) in [6.45, 7) is 0. The zero-order valence-corrected chi connectivity index (χ0v) is 13.1. The fourth-order valence-electron chi connectivity index (χ4n) is 2.34. The summed E-state index contributed by atoms with van der Waals surface area (Å²) in [7, 11) is 0. The van der Waals surface area contributed by atoms with E-state index in [0.29, 0.717) is 15.6 Å². The van der Waals surface area contributed by atoms with Gasteiger partial charge in [-0.3, -0.25) is 4.79 Å². The number of hydrogen-bond donors (Lipinski definition) is 0. The maximum Gasteiger partial charge on any atom is 0.187 e. The zero-order valence-electron chi connectivity index (χ0n) is 11.6. The topological polar surface area (TPSA) is 17.1 Å². The van der Waals surface area contributed by atoms with Crippen LogP contribution in [0.1, 0.15) is 15.9 Å². The average Bonchev–Trinajstić information content (AvgIpc) is 2.52. The number of carbonyl (C=O) groups is 1. The Labute approximate surface area is 138 Å². The van der Waals surface area contributed by atoms with Crippen LogP contribution in [-0.2, 0) is 0 Å². The van der Waals surface area contributed by atoms with Gasteiger partial charge in [0.25, 0.3) is 0 Å². The normalized spacial score (nSPS) is 11.2. The second-order valence-electron chi connectivity index (χ2n) is 4.89. The molecule has 0 fully saturated rings. The molecule has 22 heavy (non-hydrogen) atoms. The van der Waals surface area contributed by atoms with Gasteiger partial charge in [-0.15, -0.1) is 0 Å². The Hall–Kier alpha value is -2.09. The van der Waals surface area contributed by atoms with Crippen molar-refractivity contribution in [2.24, 2.45) is 0 Å². The molecule has 0 amide bonds. The summed E-state index contributed by atoms with van der Waals surface area (Å²) >= 11 is 11.9. The van der Waals surface area contributed by atoms with E-state index in [2.05, 4.69) is 0 Å². The Kier molecular flexibility index (Phi) is 4.28. The summed E-state index contributed by atoms with van der Waals surface area (Å²) in [6, 6.07) is 18.9. The third kappa shape index (κ3) is 3.06. The lowest BCUT2D eigenvalue weighted by Crippen LogP contribution is -1.95. The molecule has 0 bridgehead atoms. The molecule has 0 atom stereocenters. The summed E-state index contributed by atoms with van der Waals surface area (Å²) < 4.78 is 0. The molecule has 0 unspecified atom stereocenters. The Morgan fingerprint density at radius 2 is 1.68 bits per heavy atom. The number of halogens is 2. The van der Waals surface area contributed by atoms with Gasteiger partial charge in [0.2, 0.25) is 0 Å². The molecule has 3 rings (SSSR count). The third-order valence-electron chi connectivity index (χ3n) is 3.43. The van der Waals surface area contributed by atoms with E-state index in [1.54, 1.807) is 18.2 Å². The maximum absolute atomic E-state index is 12.3. The molecule has 3 aromatic rings. The number of hydrogen-bond acceptors (Lipinski definition) is 1. The van der Waals surface area contributed by atoms with Crippen LogP contribution in [0.5, 0.6) is 0 Å². The molecule has 1 nitrogen and oxygen atoms in total. The molecule has 108 valence electrons. The Balaban J connectivity index is 1.94. The van der Waals surface area contributed by atoms with E-state index in [1.165, 1.54) is 6.08 Å². The monoisotopic (exact) mass is 326 g/mol. The predicted octanol–water partition coefficient (Wildman–Crippen LogP) is 6.04. The van der Waals surface area contributed by atoms with E-state index in [1.807, 2.05) is 48.5 Å². The van der Waals surface area contributed by atoms with Crippen LogP contribution >= 0.6 is 23.2 Å². The van der Waals surface area contributed by atoms with Crippen LogP contribution in [0, 0.1) is 0 Å². The fourth-order valence-corrected chi connectivity index (χ4v) is 2.84. The molecular formula is C19H12Cl2O. The number of benzene rings is 3. The SMILES string of the molecule is O=C(/C=C/c1cccc2ccccc12)c1ccc(Cl)cc1Cl. The Bertz CT molecular complexity index is 876. The van der Waals surface area contributed by atoms with Crippen molar-refractivity contribution >= 4 is 45.8 Å². The minimum atomic E-state index is -0.144. The third-order valence-corrected chi connectivity index (χ3v) is 3.98. The largest absolute Gasteiger partial charge is 0.289 e. The van der Waals surface area contributed by atoms with Crippen molar-refractivity contribution in [1.82, 2.24) is 0 Å². The smallest absolute Gasteiger partial charge is 0.187 e. The van der Waals surface area contributed by atoms with Gasteiger partial charge in [-0.25, -0.2) is 0 Å². The van der Waals surface area contributed by atoms with Gasteiger partial charge in [0.05, 0.1) is 5.02 Å². The van der Waals surface area contributed by atoms with Gasteiger partial charge in [0.1, 0.15) is 0 Å². The number of ketones is 1. The van der Waals surface area contributed by atoms with Crippen LogP contribution in [0.3, 0.4) is 0 Å². The molecule has 3 aromatic carbocycles. The number of allylic oxidation sites excluding steroid dienone is 1. The van der Waals surface area contributed by atoms with Gasteiger partial charge in [-0.2, -0.15) is 0 Å². The van der Waals surface area contributed by atoms with Crippen molar-refractivity contribution in [3.05, 3.63) is 87.9 Å². The number of fused-ring (bicyclic) bond motifs is 1. The molecule has 0 radical (unpaired) electrons. The molecule has 0 aliphatic rings. The first-order valence-corrected chi connectivity index (χ1v) is 7.56. The Morgan fingerprint density at radius 1 is 0.909 bits per heavy atom. The molecule has 0 aromatic heterocycles. The molecular weight excluding hydrogens is 315 g/mol. The second-order valence-corrected chi connectivity index (χ2v) is 5.73. The van der Waals surface area contributed by atoms with Crippen LogP contribution in [0.2, 0.25) is 10.0 Å². The molecule has 0 aliphatic carbocycles. The lowest BCUT2D eigenvalue weighted by Gasteiger charge is -2.02. The van der Waals surface area contributed by atoms with Crippen molar-refractivity contribution in [1.29, 1.82) is 0 Å². The predicted molar refractivity (Wildman–Crippen MR) is 93.8 cm³/mol. The quantitative estimate of drug-likeness (QED) is 0.423. The average molecular weight is 327 g/mol. The highest BCUT2D eigenvalue weighted by Crippen LogP contribution is 2.23. The van der Waals surface area contributed by atoms with Gasteiger partial charge in [-0.1, -0.05) is 71.7 Å². The standard InChI is InChI=1S/C19H12Cl2O/c20-15-9-10-17(18(21)12-15)19(22)11-8-14-6-3-5-13-4-1-2-7-16(13)14/h1-12H/b11-8+. The van der Waals surface area contributed by atoms with Crippen LogP contribution in [0.15, 0.2) is 66.7 Å². The lowest BCUT2D eigenvalue weighted by atomic mass is 10.0. The van der Waals surface area contributed by atoms with E-state index in [9.17, 15) is 4.79 Å². The van der Waals surface area contributed by atoms with Gasteiger partial charge in [0.15, 0.2) is 5.78 Å². The van der Waals surface area contributed by atoms with Crippen molar-refractivity contribution in [2.75, 3.05) is 0 Å². The molecule has 0 heterocycles. The van der Waals surface area contributed by atoms with Gasteiger partial charge < -0.3 is 0 Å². The zero-order chi connectivity index (χ0) is 15.5. The minimum absolute atomic E-state index is 0.144. The van der Waals surface area contributed by atoms with Crippen LogP contribution in [0.25, 0.3) is 16.8 Å². The summed E-state index contributed by atoms with van der Waals surface area (Å²) in [5.41, 5.74) is 1.44. The van der Waals surface area contributed by atoms with Crippen molar-refractivity contribution < 1.29 is 4.79 Å². The van der Waals surface area contributed by atoms with E-state index < -0.39 is 0 Å². The molecule has 0 spiro atoms. The van der Waals surface area contributed by atoms with E-state index in [0.717, 1.165) is 16.3 Å². The van der Waals surface area contributed by atoms with Crippen LogP contribution in [0.4, 0.5) is 0 Å². The maximum atomic E-state index is 12.3.